The molecule has 1 aliphatic heterocycles. The summed E-state index contributed by atoms with van der Waals surface area (Å²) >= 11 is 3.46. The number of benzene rings is 1. The topological polar surface area (TPSA) is 18.5 Å². The molecule has 4 heteroatoms. The van der Waals surface area contributed by atoms with E-state index in [9.17, 15) is 0 Å². The fourth-order valence-electron chi connectivity index (χ4n) is 2.37. The van der Waals surface area contributed by atoms with E-state index in [4.69, 9.17) is 9.31 Å². The quantitative estimate of drug-likeness (QED) is 0.563. The minimum atomic E-state index is -0.205. The fraction of sp³-hybridized carbons (Fsp3) is 0.625. The number of rotatable bonds is 5. The van der Waals surface area contributed by atoms with Crippen molar-refractivity contribution in [2.75, 3.05) is 0 Å². The summed E-state index contributed by atoms with van der Waals surface area (Å²) in [6.45, 7) is 8.42. The molecule has 0 bridgehead atoms. The molecule has 1 saturated heterocycles. The maximum atomic E-state index is 6.00. The highest BCUT2D eigenvalue weighted by molar-refractivity contribution is 9.10. The second kappa shape index (κ2) is 6.21. The van der Waals surface area contributed by atoms with Gasteiger partial charge in [-0.2, -0.15) is 0 Å². The van der Waals surface area contributed by atoms with Crippen molar-refractivity contribution in [3.05, 3.63) is 34.3 Å². The van der Waals surface area contributed by atoms with E-state index in [1.807, 2.05) is 0 Å². The van der Waals surface area contributed by atoms with E-state index in [0.29, 0.717) is 0 Å². The van der Waals surface area contributed by atoms with Gasteiger partial charge in [0, 0.05) is 4.47 Å². The van der Waals surface area contributed by atoms with Gasteiger partial charge in [-0.1, -0.05) is 34.5 Å². The molecule has 0 unspecified atom stereocenters. The standard InChI is InChI=1S/C16H24BBrO2/c1-15(2)16(3,4)20-17(19-15)12-6-5-7-13-8-10-14(18)11-9-13/h8-11H,5-7,12H2,1-4H3. The Morgan fingerprint density at radius 1 is 0.950 bits per heavy atom. The summed E-state index contributed by atoms with van der Waals surface area (Å²) in [4.78, 5) is 0. The van der Waals surface area contributed by atoms with Crippen molar-refractivity contribution in [2.24, 2.45) is 0 Å². The Morgan fingerprint density at radius 3 is 2.05 bits per heavy atom. The van der Waals surface area contributed by atoms with E-state index in [1.54, 1.807) is 0 Å². The molecule has 0 radical (unpaired) electrons. The van der Waals surface area contributed by atoms with Gasteiger partial charge in [0.25, 0.3) is 0 Å². The monoisotopic (exact) mass is 338 g/mol. The van der Waals surface area contributed by atoms with Crippen LogP contribution in [0, 0.1) is 0 Å². The molecule has 0 aromatic heterocycles. The second-order valence-corrected chi connectivity index (χ2v) is 7.47. The van der Waals surface area contributed by atoms with Crippen molar-refractivity contribution in [3.8, 4) is 0 Å². The summed E-state index contributed by atoms with van der Waals surface area (Å²) in [6, 6.07) is 8.56. The Morgan fingerprint density at radius 2 is 1.50 bits per heavy atom. The fourth-order valence-corrected chi connectivity index (χ4v) is 2.64. The molecule has 1 aliphatic rings. The minimum Gasteiger partial charge on any atom is -0.403 e. The number of hydrogen-bond donors (Lipinski definition) is 0. The van der Waals surface area contributed by atoms with Gasteiger partial charge < -0.3 is 9.31 Å². The molecule has 0 amide bonds. The molecular formula is C16H24BBrO2. The van der Waals surface area contributed by atoms with Crippen LogP contribution >= 0.6 is 15.9 Å². The minimum absolute atomic E-state index is 0.0510. The normalized spacial score (nSPS) is 20.4. The predicted octanol–water partition coefficient (Wildman–Crippen LogP) is 4.86. The first kappa shape index (κ1) is 16.1. The van der Waals surface area contributed by atoms with Gasteiger partial charge in [0.2, 0.25) is 0 Å². The molecule has 1 fully saturated rings. The summed E-state index contributed by atoms with van der Waals surface area (Å²) in [5, 5.41) is 0. The Balaban J connectivity index is 1.71. The second-order valence-electron chi connectivity index (χ2n) is 6.56. The van der Waals surface area contributed by atoms with Crippen molar-refractivity contribution < 1.29 is 9.31 Å². The number of halogens is 1. The first-order valence-corrected chi connectivity index (χ1v) is 8.19. The van der Waals surface area contributed by atoms with Crippen LogP contribution in [0.4, 0.5) is 0 Å². The maximum absolute atomic E-state index is 6.00. The third kappa shape index (κ3) is 3.87. The lowest BCUT2D eigenvalue weighted by Gasteiger charge is -2.32. The summed E-state index contributed by atoms with van der Waals surface area (Å²) in [6.07, 6.45) is 4.40. The van der Waals surface area contributed by atoms with Crippen molar-refractivity contribution in [3.63, 3.8) is 0 Å². The van der Waals surface area contributed by atoms with E-state index >= 15 is 0 Å². The molecule has 0 saturated carbocycles. The Kier molecular flexibility index (Phi) is 4.98. The first-order chi connectivity index (χ1) is 9.30. The van der Waals surface area contributed by atoms with Gasteiger partial charge in [-0.05, 0) is 64.6 Å². The van der Waals surface area contributed by atoms with Crippen molar-refractivity contribution in [2.45, 2.75) is 64.5 Å². The van der Waals surface area contributed by atoms with E-state index in [0.717, 1.165) is 23.6 Å². The Bertz CT molecular complexity index is 426. The van der Waals surface area contributed by atoms with Gasteiger partial charge in [-0.3, -0.25) is 0 Å². The lowest BCUT2D eigenvalue weighted by Crippen LogP contribution is -2.41. The number of aryl methyl sites for hydroxylation is 1. The molecule has 2 rings (SSSR count). The summed E-state index contributed by atoms with van der Waals surface area (Å²) in [5.74, 6) is 0. The van der Waals surface area contributed by atoms with Gasteiger partial charge >= 0.3 is 7.12 Å². The molecule has 0 atom stereocenters. The van der Waals surface area contributed by atoms with Crippen molar-refractivity contribution >= 4 is 23.0 Å². The molecule has 20 heavy (non-hydrogen) atoms. The Labute approximate surface area is 131 Å². The third-order valence-electron chi connectivity index (χ3n) is 4.37. The third-order valence-corrected chi connectivity index (χ3v) is 4.90. The van der Waals surface area contributed by atoms with Crippen LogP contribution in [0.5, 0.6) is 0 Å². The van der Waals surface area contributed by atoms with E-state index in [1.165, 1.54) is 12.0 Å². The molecule has 1 aromatic rings. The summed E-state index contributed by atoms with van der Waals surface area (Å²) in [7, 11) is -0.0510. The Hall–Kier alpha value is -0.315. The maximum Gasteiger partial charge on any atom is 0.457 e. The molecule has 110 valence electrons. The van der Waals surface area contributed by atoms with Crippen LogP contribution in [-0.4, -0.2) is 18.3 Å². The van der Waals surface area contributed by atoms with Crippen LogP contribution in [0.25, 0.3) is 0 Å². The zero-order chi connectivity index (χ0) is 14.8. The highest BCUT2D eigenvalue weighted by Crippen LogP contribution is 2.38. The molecule has 1 aromatic carbocycles. The van der Waals surface area contributed by atoms with Crippen LogP contribution in [0.15, 0.2) is 28.7 Å². The van der Waals surface area contributed by atoms with E-state index in [-0.39, 0.29) is 18.3 Å². The SMILES string of the molecule is CC1(C)OB(CCCCc2ccc(Br)cc2)OC1(C)C. The van der Waals surface area contributed by atoms with Gasteiger partial charge in [0.15, 0.2) is 0 Å². The van der Waals surface area contributed by atoms with E-state index < -0.39 is 0 Å². The molecule has 0 aliphatic carbocycles. The number of unbranched alkanes of at least 4 members (excludes halogenated alkanes) is 1. The predicted molar refractivity (Wildman–Crippen MR) is 88.0 cm³/mol. The summed E-state index contributed by atoms with van der Waals surface area (Å²) < 4.78 is 13.1. The van der Waals surface area contributed by atoms with Crippen LogP contribution in [0.3, 0.4) is 0 Å². The van der Waals surface area contributed by atoms with Crippen LogP contribution in [0.1, 0.15) is 46.1 Å². The zero-order valence-corrected chi connectivity index (χ0v) is 14.5. The molecule has 0 N–H and O–H groups in total. The van der Waals surface area contributed by atoms with Crippen LogP contribution < -0.4 is 0 Å². The average Bonchev–Trinajstić information content (AvgIpc) is 2.56. The average molecular weight is 339 g/mol. The lowest BCUT2D eigenvalue weighted by atomic mass is 9.82. The van der Waals surface area contributed by atoms with Crippen LogP contribution in [-0.2, 0) is 15.7 Å². The first-order valence-electron chi connectivity index (χ1n) is 7.40. The molecular weight excluding hydrogens is 315 g/mol. The molecule has 0 spiro atoms. The van der Waals surface area contributed by atoms with Crippen molar-refractivity contribution in [1.82, 2.24) is 0 Å². The van der Waals surface area contributed by atoms with Crippen LogP contribution in [0.2, 0.25) is 6.32 Å². The molecule has 1 heterocycles. The highest BCUT2D eigenvalue weighted by atomic mass is 79.9. The summed E-state index contributed by atoms with van der Waals surface area (Å²) in [5.41, 5.74) is 0.981. The van der Waals surface area contributed by atoms with Gasteiger partial charge in [0.1, 0.15) is 0 Å². The van der Waals surface area contributed by atoms with Gasteiger partial charge in [0.05, 0.1) is 11.2 Å². The lowest BCUT2D eigenvalue weighted by molar-refractivity contribution is 0.00578. The van der Waals surface area contributed by atoms with Gasteiger partial charge in [-0.15, -0.1) is 0 Å². The molecule has 2 nitrogen and oxygen atoms in total. The highest BCUT2D eigenvalue weighted by Gasteiger charge is 2.50. The van der Waals surface area contributed by atoms with Gasteiger partial charge in [-0.25, -0.2) is 0 Å². The number of hydrogen-bond acceptors (Lipinski definition) is 2. The van der Waals surface area contributed by atoms with E-state index in [2.05, 4.69) is 67.9 Å². The smallest absolute Gasteiger partial charge is 0.403 e. The largest absolute Gasteiger partial charge is 0.457 e. The van der Waals surface area contributed by atoms with Crippen molar-refractivity contribution in [1.29, 1.82) is 0 Å². The zero-order valence-electron chi connectivity index (χ0n) is 12.9.